The van der Waals surface area contributed by atoms with E-state index in [1.807, 2.05) is 26.0 Å². The van der Waals surface area contributed by atoms with Gasteiger partial charge in [0.1, 0.15) is 0 Å². The van der Waals surface area contributed by atoms with Crippen molar-refractivity contribution in [2.24, 2.45) is 5.92 Å². The summed E-state index contributed by atoms with van der Waals surface area (Å²) in [4.78, 5) is 27.5. The van der Waals surface area contributed by atoms with Gasteiger partial charge in [0.2, 0.25) is 10.0 Å². The predicted octanol–water partition coefficient (Wildman–Crippen LogP) is 2.40. The van der Waals surface area contributed by atoms with Crippen molar-refractivity contribution in [3.8, 4) is 0 Å². The molecule has 1 saturated heterocycles. The Bertz CT molecular complexity index is 1080. The van der Waals surface area contributed by atoms with Crippen molar-refractivity contribution in [3.63, 3.8) is 0 Å². The molecule has 0 atom stereocenters. The van der Waals surface area contributed by atoms with Crippen LogP contribution in [0.4, 0.5) is 5.69 Å². The van der Waals surface area contributed by atoms with Crippen molar-refractivity contribution < 1.29 is 18.0 Å². The van der Waals surface area contributed by atoms with Crippen LogP contribution < -0.4 is 10.6 Å². The van der Waals surface area contributed by atoms with Gasteiger partial charge in [-0.3, -0.25) is 14.5 Å². The summed E-state index contributed by atoms with van der Waals surface area (Å²) in [5.41, 5.74) is 2.44. The second-order valence-electron chi connectivity index (χ2n) is 8.74. The highest BCUT2D eigenvalue weighted by Crippen LogP contribution is 2.17. The number of carbonyl (C=O) groups excluding carboxylic acids is 2. The quantitative estimate of drug-likeness (QED) is 0.615. The van der Waals surface area contributed by atoms with E-state index < -0.39 is 10.0 Å². The maximum Gasteiger partial charge on any atom is 0.255 e. The predicted molar refractivity (Wildman–Crippen MR) is 130 cm³/mol. The normalized spacial score (nSPS) is 15.4. The molecule has 0 aromatic heterocycles. The molecule has 1 heterocycles. The third-order valence-corrected chi connectivity index (χ3v) is 6.82. The van der Waals surface area contributed by atoms with Crippen LogP contribution in [0.25, 0.3) is 0 Å². The molecule has 9 heteroatoms. The zero-order valence-corrected chi connectivity index (χ0v) is 20.2. The molecule has 0 bridgehead atoms. The van der Waals surface area contributed by atoms with Crippen molar-refractivity contribution in [2.75, 3.05) is 44.3 Å². The first-order chi connectivity index (χ1) is 15.6. The second-order valence-corrected chi connectivity index (χ2v) is 10.7. The van der Waals surface area contributed by atoms with Gasteiger partial charge in [0.25, 0.3) is 11.8 Å². The monoisotopic (exact) mass is 472 g/mol. The molecule has 8 nitrogen and oxygen atoms in total. The molecule has 2 N–H and O–H groups in total. The molecule has 3 rings (SSSR count). The summed E-state index contributed by atoms with van der Waals surface area (Å²) < 4.78 is 24.8. The van der Waals surface area contributed by atoms with Crippen LogP contribution in [-0.2, 0) is 16.6 Å². The lowest BCUT2D eigenvalue weighted by molar-refractivity contribution is 0.0950. The molecule has 1 aliphatic heterocycles. The number of benzene rings is 2. The lowest BCUT2D eigenvalue weighted by atomic mass is 10.1. The van der Waals surface area contributed by atoms with Gasteiger partial charge in [-0.05, 0) is 35.7 Å². The molecule has 2 aromatic carbocycles. The number of carbonyl (C=O) groups is 2. The molecular formula is C24H32N4O4S. The van der Waals surface area contributed by atoms with Crippen molar-refractivity contribution in [1.29, 1.82) is 0 Å². The van der Waals surface area contributed by atoms with Gasteiger partial charge < -0.3 is 10.6 Å². The van der Waals surface area contributed by atoms with Crippen LogP contribution in [0.5, 0.6) is 0 Å². The number of hydrogen-bond acceptors (Lipinski definition) is 5. The molecule has 1 fully saturated rings. The van der Waals surface area contributed by atoms with Gasteiger partial charge in [-0.1, -0.05) is 38.1 Å². The molecule has 0 radical (unpaired) electrons. The second kappa shape index (κ2) is 10.9. The van der Waals surface area contributed by atoms with E-state index in [9.17, 15) is 18.0 Å². The van der Waals surface area contributed by atoms with Crippen molar-refractivity contribution in [3.05, 3.63) is 65.2 Å². The number of sulfonamides is 1. The van der Waals surface area contributed by atoms with Gasteiger partial charge in [0.15, 0.2) is 0 Å². The highest BCUT2D eigenvalue weighted by molar-refractivity contribution is 7.88. The van der Waals surface area contributed by atoms with Crippen molar-refractivity contribution in [2.45, 2.75) is 20.4 Å². The molecular weight excluding hydrogens is 440 g/mol. The third kappa shape index (κ3) is 7.12. The highest BCUT2D eigenvalue weighted by atomic mass is 32.2. The van der Waals surface area contributed by atoms with Crippen LogP contribution in [0.15, 0.2) is 48.5 Å². The Kier molecular flexibility index (Phi) is 8.23. The van der Waals surface area contributed by atoms with E-state index in [2.05, 4.69) is 15.5 Å². The molecule has 0 aliphatic carbocycles. The zero-order chi connectivity index (χ0) is 24.0. The average Bonchev–Trinajstić information content (AvgIpc) is 2.78. The summed E-state index contributed by atoms with van der Waals surface area (Å²) in [5, 5.41) is 5.72. The molecule has 178 valence electrons. The summed E-state index contributed by atoms with van der Waals surface area (Å²) in [6, 6.07) is 14.3. The summed E-state index contributed by atoms with van der Waals surface area (Å²) in [5.74, 6) is -0.170. The minimum atomic E-state index is -3.14. The van der Waals surface area contributed by atoms with Crippen molar-refractivity contribution >= 4 is 27.5 Å². The fraction of sp³-hybridized carbons (Fsp3) is 0.417. The Labute approximate surface area is 196 Å². The number of para-hydroxylation sites is 1. The number of nitrogens with zero attached hydrogens (tertiary/aromatic N) is 2. The summed E-state index contributed by atoms with van der Waals surface area (Å²) in [6.07, 6.45) is 1.24. The smallest absolute Gasteiger partial charge is 0.255 e. The van der Waals surface area contributed by atoms with Gasteiger partial charge in [-0.25, -0.2) is 8.42 Å². The van der Waals surface area contributed by atoms with E-state index in [-0.39, 0.29) is 11.8 Å². The first-order valence-corrected chi connectivity index (χ1v) is 12.9. The van der Waals surface area contributed by atoms with E-state index >= 15 is 0 Å². The molecule has 0 spiro atoms. The first kappa shape index (κ1) is 24.9. The average molecular weight is 473 g/mol. The molecule has 0 unspecified atom stereocenters. The highest BCUT2D eigenvalue weighted by Gasteiger charge is 2.23. The Morgan fingerprint density at radius 2 is 1.58 bits per heavy atom. The van der Waals surface area contributed by atoms with Crippen LogP contribution in [0, 0.1) is 5.92 Å². The SMILES string of the molecule is CC(C)CNC(=O)c1ccccc1NC(=O)c1ccc(CN2CCN(S(C)(=O)=O)CC2)cc1. The topological polar surface area (TPSA) is 98.8 Å². The fourth-order valence-corrected chi connectivity index (χ4v) is 4.44. The fourth-order valence-electron chi connectivity index (χ4n) is 3.62. The van der Waals surface area contributed by atoms with E-state index in [0.29, 0.717) is 62.0 Å². The van der Waals surface area contributed by atoms with E-state index in [0.717, 1.165) is 5.56 Å². The number of hydrogen-bond donors (Lipinski definition) is 2. The molecule has 2 amide bonds. The maximum atomic E-state index is 12.8. The summed E-state index contributed by atoms with van der Waals surface area (Å²) >= 11 is 0. The Morgan fingerprint density at radius 3 is 2.18 bits per heavy atom. The van der Waals surface area contributed by atoms with Gasteiger partial charge in [0, 0.05) is 44.8 Å². The number of anilines is 1. The van der Waals surface area contributed by atoms with Gasteiger partial charge >= 0.3 is 0 Å². The third-order valence-electron chi connectivity index (χ3n) is 5.51. The van der Waals surface area contributed by atoms with Crippen LogP contribution in [0.1, 0.15) is 40.1 Å². The zero-order valence-electron chi connectivity index (χ0n) is 19.4. The Hall–Kier alpha value is -2.75. The first-order valence-electron chi connectivity index (χ1n) is 11.1. The van der Waals surface area contributed by atoms with Gasteiger partial charge in [-0.15, -0.1) is 0 Å². The van der Waals surface area contributed by atoms with Gasteiger partial charge in [-0.2, -0.15) is 4.31 Å². The standard InChI is InChI=1S/C24H32N4O4S/c1-18(2)16-25-24(30)21-6-4-5-7-22(21)26-23(29)20-10-8-19(9-11-20)17-27-12-14-28(15-13-27)33(3,31)32/h4-11,18H,12-17H2,1-3H3,(H,25,30)(H,26,29). The van der Waals surface area contributed by atoms with Crippen LogP contribution in [-0.4, -0.2) is 68.4 Å². The Morgan fingerprint density at radius 1 is 0.939 bits per heavy atom. The van der Waals surface area contributed by atoms with Crippen molar-refractivity contribution in [1.82, 2.24) is 14.5 Å². The largest absolute Gasteiger partial charge is 0.352 e. The number of piperazine rings is 1. The minimum absolute atomic E-state index is 0.217. The number of amides is 2. The van der Waals surface area contributed by atoms with Crippen LogP contribution >= 0.6 is 0 Å². The summed E-state index contributed by atoms with van der Waals surface area (Å²) in [6.45, 7) is 7.62. The molecule has 0 saturated carbocycles. The molecule has 33 heavy (non-hydrogen) atoms. The lowest BCUT2D eigenvalue weighted by Crippen LogP contribution is -2.47. The number of nitrogens with one attached hydrogen (secondary N) is 2. The summed E-state index contributed by atoms with van der Waals surface area (Å²) in [7, 11) is -3.14. The molecule has 1 aliphatic rings. The van der Waals surface area contributed by atoms with E-state index in [1.54, 1.807) is 36.4 Å². The Balaban J connectivity index is 1.59. The van der Waals surface area contributed by atoms with Crippen LogP contribution in [0.3, 0.4) is 0 Å². The van der Waals surface area contributed by atoms with E-state index in [1.165, 1.54) is 10.6 Å². The van der Waals surface area contributed by atoms with E-state index in [4.69, 9.17) is 0 Å². The van der Waals surface area contributed by atoms with Crippen LogP contribution in [0.2, 0.25) is 0 Å². The minimum Gasteiger partial charge on any atom is -0.352 e. The maximum absolute atomic E-state index is 12.8. The number of rotatable bonds is 8. The lowest BCUT2D eigenvalue weighted by Gasteiger charge is -2.33. The van der Waals surface area contributed by atoms with Gasteiger partial charge in [0.05, 0.1) is 17.5 Å². The molecule has 2 aromatic rings.